The summed E-state index contributed by atoms with van der Waals surface area (Å²) in [6.45, 7) is 4.81. The van der Waals surface area contributed by atoms with E-state index in [2.05, 4.69) is 5.32 Å². The van der Waals surface area contributed by atoms with Gasteiger partial charge in [0.25, 0.3) is 0 Å². The van der Waals surface area contributed by atoms with Crippen LogP contribution in [0.1, 0.15) is 39.5 Å². The van der Waals surface area contributed by atoms with Gasteiger partial charge in [0.2, 0.25) is 5.91 Å². The van der Waals surface area contributed by atoms with Gasteiger partial charge in [0.05, 0.1) is 6.04 Å². The Balaban J connectivity index is 2.57. The lowest BCUT2D eigenvalue weighted by atomic mass is 10.00. The second-order valence-corrected chi connectivity index (χ2v) is 5.52. The van der Waals surface area contributed by atoms with Crippen molar-refractivity contribution in [3.8, 4) is 0 Å². The Morgan fingerprint density at radius 3 is 2.56 bits per heavy atom. The van der Waals surface area contributed by atoms with E-state index in [4.69, 9.17) is 5.11 Å². The zero-order chi connectivity index (χ0) is 13.7. The van der Waals surface area contributed by atoms with Crippen molar-refractivity contribution in [1.82, 2.24) is 10.2 Å². The van der Waals surface area contributed by atoms with Gasteiger partial charge in [-0.3, -0.25) is 9.69 Å². The van der Waals surface area contributed by atoms with Crippen LogP contribution in [-0.2, 0) is 9.59 Å². The average molecular weight is 256 g/mol. The zero-order valence-electron chi connectivity index (χ0n) is 11.5. The molecule has 1 unspecified atom stereocenters. The van der Waals surface area contributed by atoms with Crippen molar-refractivity contribution in [1.29, 1.82) is 0 Å². The van der Waals surface area contributed by atoms with Gasteiger partial charge in [-0.2, -0.15) is 0 Å². The van der Waals surface area contributed by atoms with E-state index in [9.17, 15) is 9.59 Å². The summed E-state index contributed by atoms with van der Waals surface area (Å²) in [6, 6.07) is -0.944. The molecule has 0 aliphatic carbocycles. The maximum atomic E-state index is 12.1. The van der Waals surface area contributed by atoms with Gasteiger partial charge in [-0.25, -0.2) is 4.79 Å². The fourth-order valence-corrected chi connectivity index (χ4v) is 2.37. The summed E-state index contributed by atoms with van der Waals surface area (Å²) < 4.78 is 0. The summed E-state index contributed by atoms with van der Waals surface area (Å²) >= 11 is 0. The lowest BCUT2D eigenvalue weighted by Gasteiger charge is -2.32. The van der Waals surface area contributed by atoms with Gasteiger partial charge in [0.15, 0.2) is 0 Å². The molecule has 104 valence electrons. The summed E-state index contributed by atoms with van der Waals surface area (Å²) in [5.41, 5.74) is 0. The molecular formula is C13H24N2O3. The third-order valence-electron chi connectivity index (χ3n) is 3.39. The first-order valence-corrected chi connectivity index (χ1v) is 6.65. The number of rotatable bonds is 5. The van der Waals surface area contributed by atoms with Gasteiger partial charge in [-0.05, 0) is 38.8 Å². The van der Waals surface area contributed by atoms with Gasteiger partial charge in [0, 0.05) is 0 Å². The Bertz CT molecular complexity index is 305. The standard InChI is InChI=1S/C13H24N2O3/c1-9(2)8-10(13(17)18)14-12(16)11-6-4-5-7-15(11)3/h9-11H,4-8H2,1-3H3,(H,14,16)(H,17,18)/t10-,11?/m1/s1. The van der Waals surface area contributed by atoms with Crippen LogP contribution < -0.4 is 5.32 Å². The largest absolute Gasteiger partial charge is 0.480 e. The number of piperidine rings is 1. The molecule has 5 heteroatoms. The fraction of sp³-hybridized carbons (Fsp3) is 0.846. The van der Waals surface area contributed by atoms with Crippen molar-refractivity contribution in [3.05, 3.63) is 0 Å². The van der Waals surface area contributed by atoms with E-state index in [1.54, 1.807) is 0 Å². The summed E-state index contributed by atoms with van der Waals surface area (Å²) in [5, 5.41) is 11.8. The number of hydrogen-bond acceptors (Lipinski definition) is 3. The fourth-order valence-electron chi connectivity index (χ4n) is 2.37. The van der Waals surface area contributed by atoms with E-state index in [1.165, 1.54) is 0 Å². The van der Waals surface area contributed by atoms with E-state index in [0.717, 1.165) is 25.8 Å². The normalized spacial score (nSPS) is 22.8. The number of aliphatic carboxylic acids is 1. The van der Waals surface area contributed by atoms with Crippen LogP contribution in [0.3, 0.4) is 0 Å². The number of carbonyl (C=O) groups is 2. The number of nitrogens with one attached hydrogen (secondary N) is 1. The molecule has 1 heterocycles. The lowest BCUT2D eigenvalue weighted by Crippen LogP contribution is -2.52. The molecule has 0 bridgehead atoms. The van der Waals surface area contributed by atoms with Gasteiger partial charge < -0.3 is 10.4 Å². The first-order valence-electron chi connectivity index (χ1n) is 6.65. The van der Waals surface area contributed by atoms with Crippen LogP contribution in [0, 0.1) is 5.92 Å². The molecule has 1 aliphatic heterocycles. The van der Waals surface area contributed by atoms with Crippen LogP contribution in [-0.4, -0.2) is 47.6 Å². The highest BCUT2D eigenvalue weighted by Gasteiger charge is 2.29. The zero-order valence-corrected chi connectivity index (χ0v) is 11.5. The quantitative estimate of drug-likeness (QED) is 0.772. The first kappa shape index (κ1) is 15.0. The minimum absolute atomic E-state index is 0.148. The SMILES string of the molecule is CC(C)C[C@@H](NC(=O)C1CCCCN1C)C(=O)O. The number of carbonyl (C=O) groups excluding carboxylic acids is 1. The molecule has 0 aromatic heterocycles. The first-order chi connectivity index (χ1) is 8.41. The van der Waals surface area contributed by atoms with Crippen molar-refractivity contribution in [2.24, 2.45) is 5.92 Å². The molecule has 0 spiro atoms. The number of likely N-dealkylation sites (N-methyl/N-ethyl adjacent to an activating group) is 1. The van der Waals surface area contributed by atoms with Crippen LogP contribution in [0.2, 0.25) is 0 Å². The highest BCUT2D eigenvalue weighted by atomic mass is 16.4. The van der Waals surface area contributed by atoms with Crippen molar-refractivity contribution >= 4 is 11.9 Å². The topological polar surface area (TPSA) is 69.6 Å². The molecule has 1 saturated heterocycles. The molecule has 2 N–H and O–H groups in total. The Labute approximate surface area is 109 Å². The second-order valence-electron chi connectivity index (χ2n) is 5.52. The van der Waals surface area contributed by atoms with Crippen LogP contribution in [0.4, 0.5) is 0 Å². The summed E-state index contributed by atoms with van der Waals surface area (Å²) in [6.07, 6.45) is 3.42. The van der Waals surface area contributed by atoms with Crippen LogP contribution in [0.15, 0.2) is 0 Å². The maximum Gasteiger partial charge on any atom is 0.326 e. The molecule has 1 rings (SSSR count). The predicted octanol–water partition coefficient (Wildman–Crippen LogP) is 1.09. The Hall–Kier alpha value is -1.10. The molecule has 0 aromatic carbocycles. The molecule has 2 atom stereocenters. The minimum atomic E-state index is -0.949. The van der Waals surface area contributed by atoms with E-state index in [-0.39, 0.29) is 17.9 Å². The van der Waals surface area contributed by atoms with E-state index >= 15 is 0 Å². The summed E-state index contributed by atoms with van der Waals surface area (Å²) in [5.74, 6) is -0.851. The third-order valence-corrected chi connectivity index (χ3v) is 3.39. The maximum absolute atomic E-state index is 12.1. The molecule has 1 aliphatic rings. The van der Waals surface area contributed by atoms with Crippen molar-refractivity contribution < 1.29 is 14.7 Å². The highest BCUT2D eigenvalue weighted by Crippen LogP contribution is 2.15. The molecule has 0 radical (unpaired) electrons. The second kappa shape index (κ2) is 6.73. The summed E-state index contributed by atoms with van der Waals surface area (Å²) in [7, 11) is 1.92. The number of hydrogen-bond donors (Lipinski definition) is 2. The number of nitrogens with zero attached hydrogens (tertiary/aromatic N) is 1. The minimum Gasteiger partial charge on any atom is -0.480 e. The number of amides is 1. The smallest absolute Gasteiger partial charge is 0.326 e. The van der Waals surface area contributed by atoms with Gasteiger partial charge >= 0.3 is 5.97 Å². The van der Waals surface area contributed by atoms with Gasteiger partial charge in [-0.1, -0.05) is 20.3 Å². The van der Waals surface area contributed by atoms with Gasteiger partial charge in [-0.15, -0.1) is 0 Å². The number of likely N-dealkylation sites (tertiary alicyclic amines) is 1. The molecular weight excluding hydrogens is 232 g/mol. The van der Waals surface area contributed by atoms with E-state index in [0.29, 0.717) is 6.42 Å². The molecule has 1 fully saturated rings. The van der Waals surface area contributed by atoms with E-state index in [1.807, 2.05) is 25.8 Å². The monoisotopic (exact) mass is 256 g/mol. The highest BCUT2D eigenvalue weighted by molar-refractivity contribution is 5.86. The predicted molar refractivity (Wildman–Crippen MR) is 69.3 cm³/mol. The van der Waals surface area contributed by atoms with Crippen LogP contribution in [0.25, 0.3) is 0 Å². The summed E-state index contributed by atoms with van der Waals surface area (Å²) in [4.78, 5) is 25.2. The number of carboxylic acids is 1. The van der Waals surface area contributed by atoms with Gasteiger partial charge in [0.1, 0.15) is 6.04 Å². The Kier molecular flexibility index (Phi) is 5.59. The molecule has 0 aromatic rings. The molecule has 18 heavy (non-hydrogen) atoms. The number of carboxylic acid groups (broad SMARTS) is 1. The van der Waals surface area contributed by atoms with Crippen LogP contribution in [0.5, 0.6) is 0 Å². The molecule has 0 saturated carbocycles. The van der Waals surface area contributed by atoms with Crippen molar-refractivity contribution in [3.63, 3.8) is 0 Å². The third kappa shape index (κ3) is 4.29. The Morgan fingerprint density at radius 2 is 2.06 bits per heavy atom. The average Bonchev–Trinajstić information content (AvgIpc) is 2.27. The van der Waals surface area contributed by atoms with Crippen molar-refractivity contribution in [2.75, 3.05) is 13.6 Å². The van der Waals surface area contributed by atoms with E-state index < -0.39 is 12.0 Å². The molecule has 5 nitrogen and oxygen atoms in total. The Morgan fingerprint density at radius 1 is 1.39 bits per heavy atom. The lowest BCUT2D eigenvalue weighted by molar-refractivity contribution is -0.143. The van der Waals surface area contributed by atoms with Crippen LogP contribution >= 0.6 is 0 Å². The van der Waals surface area contributed by atoms with Crippen molar-refractivity contribution in [2.45, 2.75) is 51.6 Å². The molecule has 1 amide bonds.